The van der Waals surface area contributed by atoms with Crippen molar-refractivity contribution in [2.24, 2.45) is 0 Å². The van der Waals surface area contributed by atoms with Gasteiger partial charge in [0.25, 0.3) is 0 Å². The first-order valence-electron chi connectivity index (χ1n) is 6.99. The molecule has 0 spiro atoms. The van der Waals surface area contributed by atoms with Crippen molar-refractivity contribution in [3.63, 3.8) is 0 Å². The molecule has 120 valence electrons. The monoisotopic (exact) mass is 305 g/mol. The van der Waals surface area contributed by atoms with Crippen LogP contribution in [0.15, 0.2) is 30.3 Å². The lowest BCUT2D eigenvalue weighted by atomic mass is 9.87. The van der Waals surface area contributed by atoms with Gasteiger partial charge in [-0.15, -0.1) is 0 Å². The molecule has 0 bridgehead atoms. The lowest BCUT2D eigenvalue weighted by Crippen LogP contribution is -2.47. The van der Waals surface area contributed by atoms with Gasteiger partial charge in [-0.3, -0.25) is 0 Å². The van der Waals surface area contributed by atoms with Gasteiger partial charge in [-0.1, -0.05) is 37.3 Å². The van der Waals surface area contributed by atoms with Gasteiger partial charge in [-0.05, 0) is 24.9 Å². The van der Waals surface area contributed by atoms with Gasteiger partial charge >= 0.3 is 6.18 Å². The topological polar surface area (TPSA) is 41.5 Å². The number of ether oxygens (including phenoxy) is 1. The third-order valence-electron chi connectivity index (χ3n) is 3.25. The summed E-state index contributed by atoms with van der Waals surface area (Å²) in [5.41, 5.74) is 0.0691. The van der Waals surface area contributed by atoms with E-state index < -0.39 is 18.3 Å². The molecule has 6 heteroatoms. The van der Waals surface area contributed by atoms with E-state index in [4.69, 9.17) is 0 Å². The Labute approximate surface area is 123 Å². The molecule has 2 N–H and O–H groups in total. The van der Waals surface area contributed by atoms with Crippen molar-refractivity contribution in [2.45, 2.75) is 31.5 Å². The first-order valence-corrected chi connectivity index (χ1v) is 6.99. The number of aliphatic hydroxyl groups is 1. The molecule has 0 heterocycles. The summed E-state index contributed by atoms with van der Waals surface area (Å²) < 4.78 is 41.0. The van der Waals surface area contributed by atoms with E-state index in [9.17, 15) is 18.3 Å². The Bertz CT molecular complexity index is 398. The summed E-state index contributed by atoms with van der Waals surface area (Å²) in [5.74, 6) is 0. The molecule has 3 nitrogen and oxygen atoms in total. The average molecular weight is 305 g/mol. The predicted molar refractivity (Wildman–Crippen MR) is 75.0 cm³/mol. The molecule has 1 rings (SSSR count). The van der Waals surface area contributed by atoms with Crippen LogP contribution >= 0.6 is 0 Å². The fourth-order valence-electron chi connectivity index (χ4n) is 2.12. The summed E-state index contributed by atoms with van der Waals surface area (Å²) in [6.45, 7) is 1.10. The maximum Gasteiger partial charge on any atom is 0.411 e. The number of alkyl halides is 3. The molecule has 0 saturated heterocycles. The number of nitrogens with one attached hydrogen (secondary N) is 1. The Morgan fingerprint density at radius 1 is 1.19 bits per heavy atom. The lowest BCUT2D eigenvalue weighted by molar-refractivity contribution is -0.175. The molecule has 0 aliphatic rings. The third-order valence-corrected chi connectivity index (χ3v) is 3.25. The highest BCUT2D eigenvalue weighted by Crippen LogP contribution is 2.25. The van der Waals surface area contributed by atoms with Crippen molar-refractivity contribution in [3.8, 4) is 0 Å². The quantitative estimate of drug-likeness (QED) is 0.689. The maximum atomic E-state index is 12.1. The molecule has 0 aliphatic heterocycles. The van der Waals surface area contributed by atoms with E-state index >= 15 is 0 Å². The molecule has 0 radical (unpaired) electrons. The molecule has 0 fully saturated rings. The van der Waals surface area contributed by atoms with E-state index in [0.717, 1.165) is 12.0 Å². The van der Waals surface area contributed by atoms with Crippen molar-refractivity contribution in [1.29, 1.82) is 0 Å². The Hall–Kier alpha value is -1.11. The molecular weight excluding hydrogens is 283 g/mol. The Balaban J connectivity index is 2.72. The fourth-order valence-corrected chi connectivity index (χ4v) is 2.12. The summed E-state index contributed by atoms with van der Waals surface area (Å²) in [7, 11) is 0. The largest absolute Gasteiger partial charge is 0.411 e. The second kappa shape index (κ2) is 8.36. The number of halogens is 3. The van der Waals surface area contributed by atoms with E-state index in [1.807, 2.05) is 37.3 Å². The van der Waals surface area contributed by atoms with Crippen LogP contribution in [0.3, 0.4) is 0 Å². The summed E-state index contributed by atoms with van der Waals surface area (Å²) >= 11 is 0. The summed E-state index contributed by atoms with van der Waals surface area (Å²) in [4.78, 5) is 0. The lowest BCUT2D eigenvalue weighted by Gasteiger charge is -2.34. The second-order valence-corrected chi connectivity index (χ2v) is 4.95. The minimum Gasteiger partial charge on any atom is -0.394 e. The molecule has 1 aromatic rings. The van der Waals surface area contributed by atoms with Gasteiger partial charge in [0, 0.05) is 6.61 Å². The number of rotatable bonds is 9. The Morgan fingerprint density at radius 2 is 1.86 bits per heavy atom. The number of aliphatic hydroxyl groups excluding tert-OH is 1. The maximum absolute atomic E-state index is 12.1. The fraction of sp³-hybridized carbons (Fsp3) is 0.600. The van der Waals surface area contributed by atoms with Gasteiger partial charge in [0.15, 0.2) is 0 Å². The van der Waals surface area contributed by atoms with Crippen LogP contribution < -0.4 is 5.32 Å². The Kier molecular flexibility index (Phi) is 7.14. The van der Waals surface area contributed by atoms with Crippen LogP contribution in [0.2, 0.25) is 0 Å². The van der Waals surface area contributed by atoms with Crippen molar-refractivity contribution < 1.29 is 23.0 Å². The molecule has 0 saturated carbocycles. The molecule has 0 aromatic heterocycles. The highest BCUT2D eigenvalue weighted by molar-refractivity contribution is 5.24. The van der Waals surface area contributed by atoms with Crippen LogP contribution in [-0.2, 0) is 10.3 Å². The van der Waals surface area contributed by atoms with Crippen molar-refractivity contribution >= 4 is 0 Å². The molecule has 1 atom stereocenters. The molecule has 1 unspecified atom stereocenters. The summed E-state index contributed by atoms with van der Waals surface area (Å²) in [6, 6.07) is 9.23. The Morgan fingerprint density at radius 3 is 2.38 bits per heavy atom. The van der Waals surface area contributed by atoms with Crippen molar-refractivity contribution in [3.05, 3.63) is 35.9 Å². The van der Waals surface area contributed by atoms with E-state index in [2.05, 4.69) is 10.1 Å². The number of hydrogen-bond acceptors (Lipinski definition) is 3. The number of benzene rings is 1. The summed E-state index contributed by atoms with van der Waals surface area (Å²) in [6.07, 6.45) is -3.20. The van der Waals surface area contributed by atoms with Crippen molar-refractivity contribution in [2.75, 3.05) is 26.4 Å². The van der Waals surface area contributed by atoms with Gasteiger partial charge in [0.05, 0.1) is 12.1 Å². The van der Waals surface area contributed by atoms with E-state index in [-0.39, 0.29) is 19.6 Å². The van der Waals surface area contributed by atoms with E-state index in [1.54, 1.807) is 0 Å². The third kappa shape index (κ3) is 6.03. The zero-order valence-corrected chi connectivity index (χ0v) is 12.1. The number of hydrogen-bond donors (Lipinski definition) is 2. The van der Waals surface area contributed by atoms with Crippen LogP contribution in [0, 0.1) is 0 Å². The molecule has 0 aliphatic carbocycles. The van der Waals surface area contributed by atoms with Crippen molar-refractivity contribution in [1.82, 2.24) is 5.32 Å². The van der Waals surface area contributed by atoms with Crippen LogP contribution in [0.25, 0.3) is 0 Å². The smallest absolute Gasteiger partial charge is 0.394 e. The molecule has 0 amide bonds. The van der Waals surface area contributed by atoms with Gasteiger partial charge in [-0.2, -0.15) is 13.2 Å². The van der Waals surface area contributed by atoms with Crippen LogP contribution in [0.1, 0.15) is 25.3 Å². The normalized spacial score (nSPS) is 14.9. The zero-order valence-electron chi connectivity index (χ0n) is 12.1. The molecule has 21 heavy (non-hydrogen) atoms. The predicted octanol–water partition coefficient (Wildman–Crippen LogP) is 2.84. The summed E-state index contributed by atoms with van der Waals surface area (Å²) in [5, 5.41) is 13.0. The van der Waals surface area contributed by atoms with Crippen LogP contribution in [0.4, 0.5) is 13.2 Å². The van der Waals surface area contributed by atoms with E-state index in [1.165, 1.54) is 0 Å². The first kappa shape index (κ1) is 17.9. The minimum absolute atomic E-state index is 0.0777. The van der Waals surface area contributed by atoms with Gasteiger partial charge in [-0.25, -0.2) is 0 Å². The minimum atomic E-state index is -4.33. The van der Waals surface area contributed by atoms with E-state index in [0.29, 0.717) is 6.54 Å². The van der Waals surface area contributed by atoms with Crippen LogP contribution in [0.5, 0.6) is 0 Å². The zero-order chi connectivity index (χ0) is 15.8. The SMILES string of the molecule is CCCNC(CO)(CCOCC(F)(F)F)c1ccccc1. The van der Waals surface area contributed by atoms with Gasteiger partial charge in [0.1, 0.15) is 6.61 Å². The molecule has 1 aromatic carbocycles. The van der Waals surface area contributed by atoms with Crippen LogP contribution in [-0.4, -0.2) is 37.6 Å². The van der Waals surface area contributed by atoms with Gasteiger partial charge in [0.2, 0.25) is 0 Å². The highest BCUT2D eigenvalue weighted by atomic mass is 19.4. The molecular formula is C15H22F3NO2. The van der Waals surface area contributed by atoms with Gasteiger partial charge < -0.3 is 15.2 Å². The second-order valence-electron chi connectivity index (χ2n) is 4.95. The average Bonchev–Trinajstić information content (AvgIpc) is 2.47. The highest BCUT2D eigenvalue weighted by Gasteiger charge is 2.32. The first-order chi connectivity index (χ1) is 9.93. The standard InChI is InChI=1S/C15H22F3NO2/c1-2-9-19-14(11-20,13-6-4-3-5-7-13)8-10-21-12-15(16,17)18/h3-7,19-20H,2,8-12H2,1H3.